The summed E-state index contributed by atoms with van der Waals surface area (Å²) in [4.78, 5) is 20.2. The highest BCUT2D eigenvalue weighted by Gasteiger charge is 2.20. The number of nitrogens with one attached hydrogen (secondary N) is 3. The number of anilines is 1. The molecule has 2 rings (SSSR count). The van der Waals surface area contributed by atoms with Gasteiger partial charge in [0.25, 0.3) is 0 Å². The molecule has 0 unspecified atom stereocenters. The van der Waals surface area contributed by atoms with Gasteiger partial charge in [0.05, 0.1) is 0 Å². The van der Waals surface area contributed by atoms with Crippen LogP contribution in [0.1, 0.15) is 25.0 Å². The van der Waals surface area contributed by atoms with Crippen LogP contribution in [0.2, 0.25) is 0 Å². The molecule has 1 aliphatic carbocycles. The van der Waals surface area contributed by atoms with Crippen LogP contribution in [0.25, 0.3) is 0 Å². The lowest BCUT2D eigenvalue weighted by Gasteiger charge is -2.11. The monoisotopic (exact) mass is 289 g/mol. The molecule has 1 saturated carbocycles. The second-order valence-electron chi connectivity index (χ2n) is 5.29. The average Bonchev–Trinajstić information content (AvgIpc) is 3.26. The van der Waals surface area contributed by atoms with E-state index in [2.05, 4.69) is 25.9 Å². The largest absolute Gasteiger partial charge is 0.356 e. The highest BCUT2D eigenvalue weighted by molar-refractivity contribution is 5.90. The number of aryl methyl sites for hydroxylation is 1. The van der Waals surface area contributed by atoms with E-state index in [0.29, 0.717) is 18.8 Å². The van der Waals surface area contributed by atoms with Gasteiger partial charge in [-0.25, -0.2) is 4.98 Å². The quantitative estimate of drug-likeness (QED) is 0.545. The molecule has 21 heavy (non-hydrogen) atoms. The second-order valence-corrected chi connectivity index (χ2v) is 5.29. The molecule has 0 atom stereocenters. The van der Waals surface area contributed by atoms with Gasteiger partial charge in [-0.15, -0.1) is 0 Å². The smallest absolute Gasteiger partial charge is 0.227 e. The Morgan fingerprint density at radius 3 is 2.86 bits per heavy atom. The molecule has 0 saturated heterocycles. The standard InChI is InChI=1S/C15H23N5O/c1-11-4-3-5-13(19-11)20-14(21)8-9-17-15(16-2)18-10-12-6-7-12/h3-5,12H,6-10H2,1-2H3,(H2,16,17,18)(H,19,20,21). The minimum atomic E-state index is -0.0572. The highest BCUT2D eigenvalue weighted by Crippen LogP contribution is 2.27. The summed E-state index contributed by atoms with van der Waals surface area (Å²) in [5.74, 6) is 2.08. The van der Waals surface area contributed by atoms with Crippen LogP contribution in [0.3, 0.4) is 0 Å². The highest BCUT2D eigenvalue weighted by atomic mass is 16.1. The van der Waals surface area contributed by atoms with E-state index in [0.717, 1.165) is 24.1 Å². The number of carbonyl (C=O) groups excluding carboxylic acids is 1. The van der Waals surface area contributed by atoms with Crippen molar-refractivity contribution in [3.63, 3.8) is 0 Å². The van der Waals surface area contributed by atoms with Gasteiger partial charge in [-0.05, 0) is 37.8 Å². The van der Waals surface area contributed by atoms with Crippen molar-refractivity contribution in [3.05, 3.63) is 23.9 Å². The maximum absolute atomic E-state index is 11.8. The summed E-state index contributed by atoms with van der Waals surface area (Å²) in [6.07, 6.45) is 2.98. The van der Waals surface area contributed by atoms with E-state index in [1.165, 1.54) is 12.8 Å². The summed E-state index contributed by atoms with van der Waals surface area (Å²) < 4.78 is 0. The van der Waals surface area contributed by atoms with Crippen molar-refractivity contribution < 1.29 is 4.79 Å². The number of aromatic nitrogens is 1. The molecular weight excluding hydrogens is 266 g/mol. The van der Waals surface area contributed by atoms with Crippen LogP contribution >= 0.6 is 0 Å². The molecule has 0 aliphatic heterocycles. The number of aliphatic imine (C=N–C) groups is 1. The van der Waals surface area contributed by atoms with Gasteiger partial charge in [0.2, 0.25) is 5.91 Å². The summed E-state index contributed by atoms with van der Waals surface area (Å²) in [6.45, 7) is 3.40. The van der Waals surface area contributed by atoms with Gasteiger partial charge in [0.1, 0.15) is 5.82 Å². The summed E-state index contributed by atoms with van der Waals surface area (Å²) in [6, 6.07) is 5.56. The lowest BCUT2D eigenvalue weighted by Crippen LogP contribution is -2.39. The minimum Gasteiger partial charge on any atom is -0.356 e. The summed E-state index contributed by atoms with van der Waals surface area (Å²) >= 11 is 0. The molecule has 3 N–H and O–H groups in total. The van der Waals surface area contributed by atoms with Crippen molar-refractivity contribution >= 4 is 17.7 Å². The molecule has 1 heterocycles. The fourth-order valence-electron chi connectivity index (χ4n) is 1.90. The lowest BCUT2D eigenvalue weighted by molar-refractivity contribution is -0.116. The topological polar surface area (TPSA) is 78.4 Å². The van der Waals surface area contributed by atoms with Crippen molar-refractivity contribution in [1.82, 2.24) is 15.6 Å². The Morgan fingerprint density at radius 2 is 2.19 bits per heavy atom. The molecule has 6 heteroatoms. The van der Waals surface area contributed by atoms with Crippen molar-refractivity contribution in [2.75, 3.05) is 25.5 Å². The Hall–Kier alpha value is -2.11. The van der Waals surface area contributed by atoms with Crippen molar-refractivity contribution in [3.8, 4) is 0 Å². The molecule has 1 aliphatic rings. The van der Waals surface area contributed by atoms with Crippen molar-refractivity contribution in [1.29, 1.82) is 0 Å². The lowest BCUT2D eigenvalue weighted by atomic mass is 10.3. The van der Waals surface area contributed by atoms with Crippen LogP contribution in [0, 0.1) is 12.8 Å². The molecule has 1 amide bonds. The van der Waals surface area contributed by atoms with Gasteiger partial charge in [0, 0.05) is 32.3 Å². The van der Waals surface area contributed by atoms with E-state index < -0.39 is 0 Å². The van der Waals surface area contributed by atoms with Crippen LogP contribution in [-0.2, 0) is 4.79 Å². The summed E-state index contributed by atoms with van der Waals surface area (Å²) in [5, 5.41) is 9.18. The first-order valence-corrected chi connectivity index (χ1v) is 7.35. The fraction of sp³-hybridized carbons (Fsp3) is 0.533. The number of guanidine groups is 1. The van der Waals surface area contributed by atoms with Crippen molar-refractivity contribution in [2.45, 2.75) is 26.2 Å². The zero-order chi connectivity index (χ0) is 15.1. The third kappa shape index (κ3) is 5.81. The molecule has 0 spiro atoms. The summed E-state index contributed by atoms with van der Waals surface area (Å²) in [7, 11) is 1.74. The second kappa shape index (κ2) is 7.61. The molecule has 0 radical (unpaired) electrons. The first-order valence-electron chi connectivity index (χ1n) is 7.35. The molecule has 114 valence electrons. The SMILES string of the molecule is CN=C(NCCC(=O)Nc1cccc(C)n1)NCC1CC1. The number of amides is 1. The number of hydrogen-bond acceptors (Lipinski definition) is 3. The molecule has 0 aromatic carbocycles. The first-order chi connectivity index (χ1) is 10.2. The van der Waals surface area contributed by atoms with Gasteiger partial charge in [-0.2, -0.15) is 0 Å². The molecule has 6 nitrogen and oxygen atoms in total. The van der Waals surface area contributed by atoms with E-state index in [9.17, 15) is 4.79 Å². The van der Waals surface area contributed by atoms with E-state index in [1.54, 1.807) is 13.1 Å². The Morgan fingerprint density at radius 1 is 1.38 bits per heavy atom. The third-order valence-electron chi connectivity index (χ3n) is 3.28. The molecule has 1 aromatic rings. The van der Waals surface area contributed by atoms with Gasteiger partial charge >= 0.3 is 0 Å². The van der Waals surface area contributed by atoms with Crippen LogP contribution in [-0.4, -0.2) is 37.0 Å². The van der Waals surface area contributed by atoms with Crippen molar-refractivity contribution in [2.24, 2.45) is 10.9 Å². The van der Waals surface area contributed by atoms with E-state index in [4.69, 9.17) is 0 Å². The van der Waals surface area contributed by atoms with Crippen LogP contribution in [0.4, 0.5) is 5.82 Å². The summed E-state index contributed by atoms with van der Waals surface area (Å²) in [5.41, 5.74) is 0.885. The van der Waals surface area contributed by atoms with E-state index >= 15 is 0 Å². The number of carbonyl (C=O) groups is 1. The van der Waals surface area contributed by atoms with Gasteiger partial charge in [0.15, 0.2) is 5.96 Å². The minimum absolute atomic E-state index is 0.0572. The first kappa shape index (κ1) is 15.3. The van der Waals surface area contributed by atoms with Gasteiger partial charge in [-0.1, -0.05) is 6.07 Å². The van der Waals surface area contributed by atoms with Gasteiger partial charge < -0.3 is 16.0 Å². The Bertz CT molecular complexity index is 511. The molecule has 1 aromatic heterocycles. The normalized spacial score (nSPS) is 14.7. The number of hydrogen-bond donors (Lipinski definition) is 3. The maximum Gasteiger partial charge on any atom is 0.227 e. The Kier molecular flexibility index (Phi) is 5.54. The Balaban J connectivity index is 1.65. The van der Waals surface area contributed by atoms with E-state index in [1.807, 2.05) is 19.1 Å². The predicted molar refractivity (Wildman–Crippen MR) is 84.3 cm³/mol. The number of rotatable bonds is 6. The van der Waals surface area contributed by atoms with Crippen LogP contribution in [0.5, 0.6) is 0 Å². The predicted octanol–water partition coefficient (Wildman–Crippen LogP) is 1.29. The molecular formula is C15H23N5O. The van der Waals surface area contributed by atoms with Crippen LogP contribution < -0.4 is 16.0 Å². The third-order valence-corrected chi connectivity index (χ3v) is 3.28. The molecule has 0 bridgehead atoms. The van der Waals surface area contributed by atoms with Gasteiger partial charge in [-0.3, -0.25) is 9.79 Å². The molecule has 1 fully saturated rings. The maximum atomic E-state index is 11.8. The van der Waals surface area contributed by atoms with E-state index in [-0.39, 0.29) is 5.91 Å². The zero-order valence-corrected chi connectivity index (χ0v) is 12.6. The van der Waals surface area contributed by atoms with Crippen LogP contribution in [0.15, 0.2) is 23.2 Å². The number of pyridine rings is 1. The zero-order valence-electron chi connectivity index (χ0n) is 12.6. The number of nitrogens with zero attached hydrogens (tertiary/aromatic N) is 2. The fourth-order valence-corrected chi connectivity index (χ4v) is 1.90. The average molecular weight is 289 g/mol. The Labute approximate surface area is 125 Å².